The maximum absolute atomic E-state index is 9.08. The summed E-state index contributed by atoms with van der Waals surface area (Å²) in [5.74, 6) is 0.466. The minimum atomic E-state index is 0.0882. The van der Waals surface area contributed by atoms with Crippen molar-refractivity contribution in [3.8, 4) is 6.07 Å². The summed E-state index contributed by atoms with van der Waals surface area (Å²) in [4.78, 5) is 12.8. The van der Waals surface area contributed by atoms with Crippen LogP contribution in [0, 0.1) is 22.1 Å². The summed E-state index contributed by atoms with van der Waals surface area (Å²) in [5, 5.41) is 25.2. The number of nitrogens with one attached hydrogen (secondary N) is 2. The van der Waals surface area contributed by atoms with Gasteiger partial charge in [-0.15, -0.1) is 0 Å². The summed E-state index contributed by atoms with van der Waals surface area (Å²) < 4.78 is 1.37. The van der Waals surface area contributed by atoms with Crippen molar-refractivity contribution in [2.45, 2.75) is 0 Å². The third-order valence-electron chi connectivity index (χ3n) is 3.90. The predicted molar refractivity (Wildman–Crippen MR) is 87.0 cm³/mol. The van der Waals surface area contributed by atoms with Gasteiger partial charge < -0.3 is 9.80 Å². The molecule has 23 heavy (non-hydrogen) atoms. The van der Waals surface area contributed by atoms with Crippen molar-refractivity contribution in [2.75, 3.05) is 38.1 Å². The molecule has 2 aromatic heterocycles. The molecule has 0 spiro atoms. The summed E-state index contributed by atoms with van der Waals surface area (Å²) in [6.45, 7) is 3.25. The molecular formula is C14H15ClN8. The van der Waals surface area contributed by atoms with Crippen LogP contribution in [0.2, 0.25) is 5.02 Å². The molecule has 3 rings (SSSR count). The van der Waals surface area contributed by atoms with Gasteiger partial charge in [0, 0.05) is 26.2 Å². The molecule has 0 saturated carbocycles. The first kappa shape index (κ1) is 15.4. The summed E-state index contributed by atoms with van der Waals surface area (Å²) in [6, 6.07) is 3.45. The number of halogens is 1. The lowest BCUT2D eigenvalue weighted by Crippen LogP contribution is -2.47. The zero-order chi connectivity index (χ0) is 16.6. The van der Waals surface area contributed by atoms with Crippen molar-refractivity contribution >= 4 is 34.9 Å². The fraction of sp³-hybridized carbons (Fsp3) is 0.357. The Balaban J connectivity index is 2.22. The molecule has 8 nitrogen and oxygen atoms in total. The van der Waals surface area contributed by atoms with Crippen molar-refractivity contribution in [3.63, 3.8) is 0 Å². The standard InChI is InChI=1S/C14H15ClN8/c1-21-2-4-22(5-3-21)14-12(18)23(8-17)11-6-9(15)10(7-16)19-13(11)20-14/h6,8,17-18H,2-5H2,1H3. The number of rotatable bonds is 2. The number of piperazine rings is 1. The van der Waals surface area contributed by atoms with E-state index in [9.17, 15) is 0 Å². The molecule has 1 aliphatic heterocycles. The van der Waals surface area contributed by atoms with Crippen molar-refractivity contribution in [2.24, 2.45) is 0 Å². The first-order chi connectivity index (χ1) is 11.0. The Morgan fingerprint density at radius 1 is 1.30 bits per heavy atom. The SMILES string of the molecule is CN1CCN(c2nc3nc(C#N)c(Cl)cc3n(C=N)c2=N)CC1. The predicted octanol–water partition coefficient (Wildman–Crippen LogP) is 0.643. The Labute approximate surface area is 137 Å². The lowest BCUT2D eigenvalue weighted by atomic mass is 10.3. The third kappa shape index (κ3) is 2.65. The lowest BCUT2D eigenvalue weighted by Gasteiger charge is -2.33. The van der Waals surface area contributed by atoms with Gasteiger partial charge in [0.2, 0.25) is 0 Å². The Morgan fingerprint density at radius 3 is 2.61 bits per heavy atom. The Morgan fingerprint density at radius 2 is 2.00 bits per heavy atom. The fourth-order valence-corrected chi connectivity index (χ4v) is 2.75. The molecule has 2 aromatic rings. The Hall–Kier alpha value is -2.50. The van der Waals surface area contributed by atoms with Crippen LogP contribution in [0.25, 0.3) is 11.2 Å². The first-order valence-corrected chi connectivity index (χ1v) is 7.44. The minimum absolute atomic E-state index is 0.0882. The normalized spacial score (nSPS) is 15.6. The topological polar surface area (TPSA) is 109 Å². The molecule has 0 atom stereocenters. The molecule has 1 aliphatic rings. The Bertz CT molecular complexity index is 873. The molecule has 1 saturated heterocycles. The van der Waals surface area contributed by atoms with Crippen LogP contribution in [-0.2, 0) is 0 Å². The molecule has 0 bridgehead atoms. The van der Waals surface area contributed by atoms with Crippen molar-refractivity contribution in [1.82, 2.24) is 19.4 Å². The quantitative estimate of drug-likeness (QED) is 0.620. The third-order valence-corrected chi connectivity index (χ3v) is 4.19. The van der Waals surface area contributed by atoms with Gasteiger partial charge in [-0.05, 0) is 13.1 Å². The monoisotopic (exact) mass is 330 g/mol. The van der Waals surface area contributed by atoms with E-state index in [1.54, 1.807) is 0 Å². The average Bonchev–Trinajstić information content (AvgIpc) is 2.55. The van der Waals surface area contributed by atoms with E-state index in [1.807, 2.05) is 18.0 Å². The lowest BCUT2D eigenvalue weighted by molar-refractivity contribution is 0.311. The van der Waals surface area contributed by atoms with Gasteiger partial charge in [-0.25, -0.2) is 9.97 Å². The zero-order valence-electron chi connectivity index (χ0n) is 12.5. The number of likely N-dealkylation sites (N-methyl/N-ethyl adjacent to an activating group) is 1. The maximum atomic E-state index is 9.08. The van der Waals surface area contributed by atoms with Crippen LogP contribution >= 0.6 is 11.6 Å². The number of nitriles is 1. The minimum Gasteiger partial charge on any atom is -0.351 e. The molecular weight excluding hydrogens is 316 g/mol. The van der Waals surface area contributed by atoms with Crippen molar-refractivity contribution in [1.29, 1.82) is 16.1 Å². The van der Waals surface area contributed by atoms with Gasteiger partial charge in [0.05, 0.1) is 16.9 Å². The maximum Gasteiger partial charge on any atom is 0.180 e. The summed E-state index contributed by atoms with van der Waals surface area (Å²) >= 11 is 6.01. The molecule has 118 valence electrons. The first-order valence-electron chi connectivity index (χ1n) is 7.06. The van der Waals surface area contributed by atoms with Gasteiger partial charge >= 0.3 is 0 Å². The number of anilines is 1. The van der Waals surface area contributed by atoms with Crippen LogP contribution in [0.4, 0.5) is 5.82 Å². The van der Waals surface area contributed by atoms with Gasteiger partial charge in [0.15, 0.2) is 22.6 Å². The van der Waals surface area contributed by atoms with Gasteiger partial charge in [-0.1, -0.05) is 11.6 Å². The van der Waals surface area contributed by atoms with E-state index in [4.69, 9.17) is 27.7 Å². The van der Waals surface area contributed by atoms with Crippen LogP contribution in [-0.4, -0.2) is 59.0 Å². The molecule has 0 aromatic carbocycles. The number of aromatic nitrogens is 3. The smallest absolute Gasteiger partial charge is 0.180 e. The van der Waals surface area contributed by atoms with Crippen molar-refractivity contribution < 1.29 is 0 Å². The van der Waals surface area contributed by atoms with E-state index in [2.05, 4.69) is 14.9 Å². The van der Waals surface area contributed by atoms with Crippen molar-refractivity contribution in [3.05, 3.63) is 22.3 Å². The van der Waals surface area contributed by atoms with Crippen LogP contribution in [0.3, 0.4) is 0 Å². The van der Waals surface area contributed by atoms with Gasteiger partial charge in [-0.3, -0.25) is 15.4 Å². The Kier molecular flexibility index (Phi) is 3.98. The van der Waals surface area contributed by atoms with E-state index in [0.29, 0.717) is 17.0 Å². The zero-order valence-corrected chi connectivity index (χ0v) is 13.3. The molecule has 2 N–H and O–H groups in total. The van der Waals surface area contributed by atoms with Gasteiger partial charge in [-0.2, -0.15) is 5.26 Å². The second kappa shape index (κ2) is 5.95. The fourth-order valence-electron chi connectivity index (χ4n) is 2.56. The molecule has 0 unspecified atom stereocenters. The van der Waals surface area contributed by atoms with E-state index < -0.39 is 0 Å². The highest BCUT2D eigenvalue weighted by molar-refractivity contribution is 6.32. The number of hydrogen-bond acceptors (Lipinski definition) is 7. The van der Waals surface area contributed by atoms with E-state index in [-0.39, 0.29) is 16.2 Å². The molecule has 1 fully saturated rings. The molecule has 0 amide bonds. The molecule has 0 aliphatic carbocycles. The molecule has 3 heterocycles. The van der Waals surface area contributed by atoms with Gasteiger partial charge in [0.1, 0.15) is 6.07 Å². The summed E-state index contributed by atoms with van der Waals surface area (Å²) in [6.07, 6.45) is 1.04. The van der Waals surface area contributed by atoms with Crippen LogP contribution in [0.15, 0.2) is 6.07 Å². The largest absolute Gasteiger partial charge is 0.351 e. The van der Waals surface area contributed by atoms with Crippen LogP contribution in [0.1, 0.15) is 5.69 Å². The van der Waals surface area contributed by atoms with Gasteiger partial charge in [0.25, 0.3) is 0 Å². The molecule has 9 heteroatoms. The van der Waals surface area contributed by atoms with E-state index >= 15 is 0 Å². The highest BCUT2D eigenvalue weighted by atomic mass is 35.5. The average molecular weight is 331 g/mol. The highest BCUT2D eigenvalue weighted by Crippen LogP contribution is 2.20. The second-order valence-electron chi connectivity index (χ2n) is 5.35. The van der Waals surface area contributed by atoms with E-state index in [0.717, 1.165) is 32.5 Å². The number of pyridine rings is 1. The summed E-state index contributed by atoms with van der Waals surface area (Å²) in [5.41, 5.74) is 0.941. The number of fused-ring (bicyclic) bond motifs is 1. The highest BCUT2D eigenvalue weighted by Gasteiger charge is 2.20. The van der Waals surface area contributed by atoms with Crippen LogP contribution < -0.4 is 10.4 Å². The molecule has 0 radical (unpaired) electrons. The number of nitrogens with zero attached hydrogens (tertiary/aromatic N) is 6. The summed E-state index contributed by atoms with van der Waals surface area (Å²) in [7, 11) is 2.05. The van der Waals surface area contributed by atoms with E-state index in [1.165, 1.54) is 10.6 Å². The second-order valence-corrected chi connectivity index (χ2v) is 5.75. The van der Waals surface area contributed by atoms with Crippen LogP contribution in [0.5, 0.6) is 0 Å². The number of hydrogen-bond donors (Lipinski definition) is 2.